The number of aromatic nitrogens is 2. The lowest BCUT2D eigenvalue weighted by molar-refractivity contribution is -0.120. The lowest BCUT2D eigenvalue weighted by Crippen LogP contribution is -2.41. The molecular weight excluding hydrogens is 412 g/mol. The summed E-state index contributed by atoms with van der Waals surface area (Å²) in [5.41, 5.74) is 2.58. The summed E-state index contributed by atoms with van der Waals surface area (Å²) in [6, 6.07) is 13.1. The second-order valence-corrected chi connectivity index (χ2v) is 10.0. The third-order valence-corrected chi connectivity index (χ3v) is 7.97. The van der Waals surface area contributed by atoms with Gasteiger partial charge in [0.15, 0.2) is 5.03 Å². The van der Waals surface area contributed by atoms with E-state index >= 15 is 0 Å². The fourth-order valence-corrected chi connectivity index (χ4v) is 5.32. The van der Waals surface area contributed by atoms with Crippen LogP contribution in [0.5, 0.6) is 0 Å². The van der Waals surface area contributed by atoms with Crippen molar-refractivity contribution < 1.29 is 13.2 Å². The van der Waals surface area contributed by atoms with Gasteiger partial charge in [0.1, 0.15) is 5.65 Å². The second-order valence-electron chi connectivity index (χ2n) is 8.16. The van der Waals surface area contributed by atoms with Gasteiger partial charge in [0, 0.05) is 36.3 Å². The number of nitrogens with one attached hydrogen (secondary N) is 2. The molecule has 1 amide bonds. The Bertz CT molecular complexity index is 1160. The maximum atomic E-state index is 13.0. The number of benzene rings is 1. The quantitative estimate of drug-likeness (QED) is 0.603. The molecule has 0 spiro atoms. The molecular formula is C23H28N4O3S. The third-order valence-electron chi connectivity index (χ3n) is 6.17. The molecule has 31 heavy (non-hydrogen) atoms. The van der Waals surface area contributed by atoms with E-state index in [1.54, 1.807) is 12.3 Å². The van der Waals surface area contributed by atoms with Crippen LogP contribution >= 0.6 is 0 Å². The molecule has 2 aromatic heterocycles. The summed E-state index contributed by atoms with van der Waals surface area (Å²) in [6.45, 7) is 4.94. The Morgan fingerprint density at radius 1 is 1.16 bits per heavy atom. The Labute approximate surface area is 182 Å². The van der Waals surface area contributed by atoms with E-state index in [0.717, 1.165) is 17.5 Å². The molecule has 0 bridgehead atoms. The molecule has 0 aliphatic carbocycles. The molecule has 2 N–H and O–H groups in total. The van der Waals surface area contributed by atoms with Gasteiger partial charge in [-0.05, 0) is 61.1 Å². The molecule has 1 unspecified atom stereocenters. The van der Waals surface area contributed by atoms with Crippen LogP contribution in [0.1, 0.15) is 44.6 Å². The Morgan fingerprint density at radius 2 is 1.87 bits per heavy atom. The van der Waals surface area contributed by atoms with Crippen molar-refractivity contribution in [3.05, 3.63) is 54.2 Å². The van der Waals surface area contributed by atoms with Crippen LogP contribution in [-0.2, 0) is 14.8 Å². The minimum atomic E-state index is -3.68. The van der Waals surface area contributed by atoms with Gasteiger partial charge in [0.25, 0.3) is 10.0 Å². The van der Waals surface area contributed by atoms with E-state index in [1.807, 2.05) is 30.3 Å². The molecule has 164 valence electrons. The first kappa shape index (κ1) is 21.5. The van der Waals surface area contributed by atoms with E-state index in [4.69, 9.17) is 0 Å². The van der Waals surface area contributed by atoms with Gasteiger partial charge in [-0.1, -0.05) is 26.0 Å². The number of nitrogens with zero attached hydrogens (tertiary/aromatic N) is 2. The van der Waals surface area contributed by atoms with Gasteiger partial charge in [-0.2, -0.15) is 4.31 Å². The van der Waals surface area contributed by atoms with Gasteiger partial charge < -0.3 is 10.3 Å². The minimum Gasteiger partial charge on any atom is -0.346 e. The van der Waals surface area contributed by atoms with E-state index in [9.17, 15) is 13.2 Å². The summed E-state index contributed by atoms with van der Waals surface area (Å²) in [4.78, 5) is 19.9. The van der Waals surface area contributed by atoms with Crippen LogP contribution in [-0.4, -0.2) is 41.7 Å². The number of pyridine rings is 1. The Morgan fingerprint density at radius 3 is 2.55 bits per heavy atom. The van der Waals surface area contributed by atoms with Crippen LogP contribution in [0.4, 0.5) is 5.69 Å². The molecule has 3 heterocycles. The maximum Gasteiger partial charge on any atom is 0.260 e. The van der Waals surface area contributed by atoms with Gasteiger partial charge >= 0.3 is 0 Å². The van der Waals surface area contributed by atoms with Crippen molar-refractivity contribution in [3.63, 3.8) is 0 Å². The predicted molar refractivity (Wildman–Crippen MR) is 121 cm³/mol. The fraction of sp³-hybridized carbons (Fsp3) is 0.391. The lowest BCUT2D eigenvalue weighted by Gasteiger charge is -2.30. The zero-order valence-corrected chi connectivity index (χ0v) is 18.7. The van der Waals surface area contributed by atoms with Crippen molar-refractivity contribution >= 4 is 32.7 Å². The fourth-order valence-electron chi connectivity index (χ4n) is 3.92. The smallest absolute Gasteiger partial charge is 0.260 e. The Hall–Kier alpha value is -2.71. The average Bonchev–Trinajstić information content (AvgIpc) is 3.27. The molecule has 8 heteroatoms. The lowest BCUT2D eigenvalue weighted by atomic mass is 9.96. The number of amides is 1. The van der Waals surface area contributed by atoms with Crippen LogP contribution in [0.25, 0.3) is 11.0 Å². The highest BCUT2D eigenvalue weighted by Gasteiger charge is 2.33. The number of carbonyl (C=O) groups is 1. The predicted octanol–water partition coefficient (Wildman–Crippen LogP) is 4.12. The van der Waals surface area contributed by atoms with Crippen LogP contribution in [0.3, 0.4) is 0 Å². The Kier molecular flexibility index (Phi) is 6.11. The zero-order valence-electron chi connectivity index (χ0n) is 17.8. The number of hydrogen-bond acceptors (Lipinski definition) is 4. The number of sulfonamides is 1. The van der Waals surface area contributed by atoms with Crippen LogP contribution < -0.4 is 5.32 Å². The maximum absolute atomic E-state index is 13.0. The van der Waals surface area contributed by atoms with Crippen molar-refractivity contribution in [1.82, 2.24) is 14.3 Å². The first-order chi connectivity index (χ1) is 14.9. The minimum absolute atomic E-state index is 0.0340. The van der Waals surface area contributed by atoms with Gasteiger partial charge in [-0.25, -0.2) is 13.4 Å². The third kappa shape index (κ3) is 4.50. The molecule has 7 nitrogen and oxygen atoms in total. The largest absolute Gasteiger partial charge is 0.346 e. The highest BCUT2D eigenvalue weighted by molar-refractivity contribution is 7.89. The number of anilines is 1. The van der Waals surface area contributed by atoms with Gasteiger partial charge in [0.2, 0.25) is 5.91 Å². The summed E-state index contributed by atoms with van der Waals surface area (Å²) >= 11 is 0. The summed E-state index contributed by atoms with van der Waals surface area (Å²) < 4.78 is 27.4. The van der Waals surface area contributed by atoms with Crippen molar-refractivity contribution in [1.29, 1.82) is 0 Å². The number of piperidine rings is 1. The van der Waals surface area contributed by atoms with Crippen molar-refractivity contribution in [2.75, 3.05) is 18.4 Å². The number of rotatable bonds is 6. The van der Waals surface area contributed by atoms with E-state index < -0.39 is 10.0 Å². The Balaban J connectivity index is 1.37. The van der Waals surface area contributed by atoms with Gasteiger partial charge in [0.05, 0.1) is 0 Å². The van der Waals surface area contributed by atoms with Crippen molar-refractivity contribution in [2.45, 2.75) is 44.1 Å². The molecule has 1 aliphatic heterocycles. The SMILES string of the molecule is CCC(C)c1ccc(NC(=O)C2CCN(S(=O)(=O)c3ccc4cc[nH]c4n3)CC2)cc1. The van der Waals surface area contributed by atoms with Crippen LogP contribution in [0.15, 0.2) is 53.7 Å². The zero-order chi connectivity index (χ0) is 22.0. The summed E-state index contributed by atoms with van der Waals surface area (Å²) in [7, 11) is -3.68. The second kappa shape index (κ2) is 8.80. The van der Waals surface area contributed by atoms with Gasteiger partial charge in [-0.3, -0.25) is 4.79 Å². The summed E-state index contributed by atoms with van der Waals surface area (Å²) in [5.74, 6) is 0.224. The molecule has 3 aromatic rings. The molecule has 0 radical (unpaired) electrons. The van der Waals surface area contributed by atoms with Crippen LogP contribution in [0.2, 0.25) is 0 Å². The summed E-state index contributed by atoms with van der Waals surface area (Å²) in [5, 5.41) is 3.88. The number of aromatic amines is 1. The average molecular weight is 441 g/mol. The number of fused-ring (bicyclic) bond motifs is 1. The van der Waals surface area contributed by atoms with E-state index in [-0.39, 0.29) is 16.9 Å². The van der Waals surface area contributed by atoms with E-state index in [2.05, 4.69) is 29.1 Å². The molecule has 4 rings (SSSR count). The highest BCUT2D eigenvalue weighted by Crippen LogP contribution is 2.26. The topological polar surface area (TPSA) is 95.2 Å². The van der Waals surface area contributed by atoms with Crippen molar-refractivity contribution in [2.24, 2.45) is 5.92 Å². The first-order valence-corrected chi connectivity index (χ1v) is 12.2. The van der Waals surface area contributed by atoms with E-state index in [0.29, 0.717) is 37.5 Å². The highest BCUT2D eigenvalue weighted by atomic mass is 32.2. The van der Waals surface area contributed by atoms with Crippen LogP contribution in [0, 0.1) is 5.92 Å². The number of hydrogen-bond donors (Lipinski definition) is 2. The molecule has 1 aliphatic rings. The monoisotopic (exact) mass is 440 g/mol. The normalized spacial score (nSPS) is 17.0. The van der Waals surface area contributed by atoms with Gasteiger partial charge in [-0.15, -0.1) is 0 Å². The molecule has 1 aromatic carbocycles. The van der Waals surface area contributed by atoms with Crippen molar-refractivity contribution in [3.8, 4) is 0 Å². The molecule has 1 atom stereocenters. The molecule has 1 saturated heterocycles. The first-order valence-electron chi connectivity index (χ1n) is 10.7. The molecule has 1 fully saturated rings. The summed E-state index contributed by atoms with van der Waals surface area (Å²) in [6.07, 6.45) is 3.78. The van der Waals surface area contributed by atoms with E-state index in [1.165, 1.54) is 15.9 Å². The number of H-pyrrole nitrogens is 1. The standard InChI is InChI=1S/C23H28N4O3S/c1-3-16(2)17-4-7-20(8-5-17)25-23(28)19-11-14-27(15-12-19)31(29,30)21-9-6-18-10-13-24-22(18)26-21/h4-10,13,16,19H,3,11-12,14-15H2,1-2H3,(H,24,26)(H,25,28). The number of carbonyl (C=O) groups excluding carboxylic acids is 1. The molecule has 0 saturated carbocycles.